The number of benzene rings is 2. The van der Waals surface area contributed by atoms with Crippen LogP contribution in [0.15, 0.2) is 48.5 Å². The number of rotatable bonds is 2. The summed E-state index contributed by atoms with van der Waals surface area (Å²) in [5.74, 6) is 0. The first-order valence-corrected chi connectivity index (χ1v) is 7.51. The summed E-state index contributed by atoms with van der Waals surface area (Å²) in [6.45, 7) is 4.06. The molecule has 0 unspecified atom stereocenters. The summed E-state index contributed by atoms with van der Waals surface area (Å²) < 4.78 is 1.95. The predicted molar refractivity (Wildman–Crippen MR) is 92.5 cm³/mol. The number of aromatic amines is 1. The molecule has 3 N–H and O–H groups in total. The molecule has 0 aliphatic rings. The third-order valence-electron chi connectivity index (χ3n) is 4.15. The van der Waals surface area contributed by atoms with E-state index in [0.717, 1.165) is 44.9 Å². The molecule has 4 aromatic rings. The summed E-state index contributed by atoms with van der Waals surface area (Å²) in [6, 6.07) is 15.9. The molecule has 0 bridgehead atoms. The van der Waals surface area contributed by atoms with Crippen LogP contribution in [0.2, 0.25) is 0 Å². The summed E-state index contributed by atoms with van der Waals surface area (Å²) in [7, 11) is 0. The van der Waals surface area contributed by atoms with Crippen molar-refractivity contribution >= 4 is 16.6 Å². The van der Waals surface area contributed by atoms with Gasteiger partial charge in [-0.2, -0.15) is 10.2 Å². The maximum atomic E-state index is 6.17. The summed E-state index contributed by atoms with van der Waals surface area (Å²) in [6.07, 6.45) is 0. The number of nitrogens with two attached hydrogens (primary N) is 1. The normalized spacial score (nSPS) is 11.2. The molecule has 0 aliphatic carbocycles. The number of nitrogens with one attached hydrogen (secondary N) is 1. The highest BCUT2D eigenvalue weighted by Crippen LogP contribution is 2.34. The predicted octanol–water partition coefficient (Wildman–Crippen LogP) is 3.61. The third-order valence-corrected chi connectivity index (χ3v) is 4.15. The Morgan fingerprint density at radius 3 is 2.57 bits per heavy atom. The molecule has 0 saturated heterocycles. The Kier molecular flexibility index (Phi) is 2.94. The first-order chi connectivity index (χ1) is 11.2. The molecule has 2 aromatic carbocycles. The molecule has 5 nitrogen and oxygen atoms in total. The third kappa shape index (κ3) is 2.01. The van der Waals surface area contributed by atoms with E-state index >= 15 is 0 Å². The van der Waals surface area contributed by atoms with Gasteiger partial charge in [-0.05, 0) is 38.1 Å². The van der Waals surface area contributed by atoms with E-state index in [0.29, 0.717) is 0 Å². The topological polar surface area (TPSA) is 72.5 Å². The van der Waals surface area contributed by atoms with Crippen molar-refractivity contribution in [1.82, 2.24) is 20.0 Å². The molecule has 23 heavy (non-hydrogen) atoms. The molecule has 2 aromatic heterocycles. The number of aryl methyl sites for hydroxylation is 1. The quantitative estimate of drug-likeness (QED) is 0.556. The average Bonchev–Trinajstić information content (AvgIpc) is 3.10. The zero-order chi connectivity index (χ0) is 16.0. The van der Waals surface area contributed by atoms with Gasteiger partial charge in [0.25, 0.3) is 0 Å². The number of nitrogen functional groups attached to an aromatic ring is 1. The van der Waals surface area contributed by atoms with Crippen molar-refractivity contribution in [2.75, 3.05) is 5.73 Å². The van der Waals surface area contributed by atoms with Crippen LogP contribution in [0.25, 0.3) is 27.8 Å². The van der Waals surface area contributed by atoms with Crippen molar-refractivity contribution in [2.24, 2.45) is 0 Å². The zero-order valence-corrected chi connectivity index (χ0v) is 13.0. The lowest BCUT2D eigenvalue weighted by molar-refractivity contribution is 0.834. The van der Waals surface area contributed by atoms with Gasteiger partial charge in [0.1, 0.15) is 5.69 Å². The second kappa shape index (κ2) is 4.98. The van der Waals surface area contributed by atoms with E-state index in [2.05, 4.69) is 17.1 Å². The van der Waals surface area contributed by atoms with Gasteiger partial charge >= 0.3 is 0 Å². The number of fused-ring (bicyclic) bond motifs is 1. The van der Waals surface area contributed by atoms with Crippen molar-refractivity contribution in [2.45, 2.75) is 13.8 Å². The van der Waals surface area contributed by atoms with E-state index in [4.69, 9.17) is 10.8 Å². The van der Waals surface area contributed by atoms with Gasteiger partial charge in [0.05, 0.1) is 28.0 Å². The van der Waals surface area contributed by atoms with Crippen LogP contribution in [-0.4, -0.2) is 20.0 Å². The van der Waals surface area contributed by atoms with Crippen LogP contribution in [0.4, 0.5) is 5.69 Å². The second-order valence-corrected chi connectivity index (χ2v) is 5.64. The Hall–Kier alpha value is -3.08. The minimum Gasteiger partial charge on any atom is -0.398 e. The van der Waals surface area contributed by atoms with Crippen LogP contribution in [0, 0.1) is 13.8 Å². The highest BCUT2D eigenvalue weighted by Gasteiger charge is 2.20. The molecule has 4 rings (SSSR count). The van der Waals surface area contributed by atoms with Crippen LogP contribution in [0.3, 0.4) is 0 Å². The van der Waals surface area contributed by atoms with Crippen LogP contribution in [0.1, 0.15) is 11.4 Å². The first-order valence-electron chi connectivity index (χ1n) is 7.51. The van der Waals surface area contributed by atoms with Gasteiger partial charge in [0.15, 0.2) is 0 Å². The largest absolute Gasteiger partial charge is 0.398 e. The van der Waals surface area contributed by atoms with Crippen molar-refractivity contribution in [3.05, 3.63) is 59.9 Å². The SMILES string of the molecule is Cc1nn(-c2ccccc2)c(C)c1-c1n[nH]c2cccc(N)c12. The Balaban J connectivity index is 1.98. The molecule has 0 atom stereocenters. The van der Waals surface area contributed by atoms with Gasteiger partial charge in [-0.3, -0.25) is 5.10 Å². The van der Waals surface area contributed by atoms with Gasteiger partial charge in [0.2, 0.25) is 0 Å². The van der Waals surface area contributed by atoms with E-state index in [9.17, 15) is 0 Å². The van der Waals surface area contributed by atoms with Crippen LogP contribution >= 0.6 is 0 Å². The van der Waals surface area contributed by atoms with Gasteiger partial charge in [-0.15, -0.1) is 0 Å². The minimum atomic E-state index is 0.720. The number of anilines is 1. The smallest absolute Gasteiger partial charge is 0.106 e. The number of hydrogen-bond donors (Lipinski definition) is 2. The summed E-state index contributed by atoms with van der Waals surface area (Å²) in [5.41, 5.74) is 12.7. The van der Waals surface area contributed by atoms with Crippen molar-refractivity contribution < 1.29 is 0 Å². The average molecular weight is 303 g/mol. The van der Waals surface area contributed by atoms with Crippen LogP contribution in [0.5, 0.6) is 0 Å². The minimum absolute atomic E-state index is 0.720. The summed E-state index contributed by atoms with van der Waals surface area (Å²) >= 11 is 0. The van der Waals surface area contributed by atoms with Gasteiger partial charge in [0, 0.05) is 11.3 Å². The Morgan fingerprint density at radius 1 is 1.00 bits per heavy atom. The highest BCUT2D eigenvalue weighted by atomic mass is 15.3. The van der Waals surface area contributed by atoms with Gasteiger partial charge in [-0.25, -0.2) is 4.68 Å². The molecule has 0 saturated carbocycles. The molecule has 0 aliphatic heterocycles. The molecular formula is C18H17N5. The Labute approximate surface area is 133 Å². The van der Waals surface area contributed by atoms with E-state index in [1.165, 1.54) is 0 Å². The molecule has 0 fully saturated rings. The fourth-order valence-electron chi connectivity index (χ4n) is 3.09. The molecule has 114 valence electrons. The molecule has 0 radical (unpaired) electrons. The monoisotopic (exact) mass is 303 g/mol. The number of aromatic nitrogens is 4. The second-order valence-electron chi connectivity index (χ2n) is 5.64. The number of nitrogens with zero attached hydrogens (tertiary/aromatic N) is 3. The van der Waals surface area contributed by atoms with Crippen molar-refractivity contribution in [3.63, 3.8) is 0 Å². The van der Waals surface area contributed by atoms with Crippen molar-refractivity contribution in [1.29, 1.82) is 0 Å². The fraction of sp³-hybridized carbons (Fsp3) is 0.111. The molecule has 5 heteroatoms. The lowest BCUT2D eigenvalue weighted by Crippen LogP contribution is -1.98. The van der Waals surface area contributed by atoms with Crippen molar-refractivity contribution in [3.8, 4) is 16.9 Å². The molecule has 0 spiro atoms. The van der Waals surface area contributed by atoms with E-state index < -0.39 is 0 Å². The van der Waals surface area contributed by atoms with E-state index in [-0.39, 0.29) is 0 Å². The molecule has 2 heterocycles. The number of para-hydroxylation sites is 1. The van der Waals surface area contributed by atoms with Crippen LogP contribution < -0.4 is 5.73 Å². The summed E-state index contributed by atoms with van der Waals surface area (Å²) in [4.78, 5) is 0. The van der Waals surface area contributed by atoms with Gasteiger partial charge in [-0.1, -0.05) is 24.3 Å². The summed E-state index contributed by atoms with van der Waals surface area (Å²) in [5, 5.41) is 13.2. The molecular weight excluding hydrogens is 286 g/mol. The fourth-order valence-corrected chi connectivity index (χ4v) is 3.09. The standard InChI is InChI=1S/C18H17N5/c1-11-16(12(2)23(22-11)13-7-4-3-5-8-13)18-17-14(19)9-6-10-15(17)20-21-18/h3-10H,19H2,1-2H3,(H,20,21). The Bertz CT molecular complexity index is 995. The van der Waals surface area contributed by atoms with E-state index in [1.807, 2.05) is 60.1 Å². The maximum absolute atomic E-state index is 6.17. The van der Waals surface area contributed by atoms with Gasteiger partial charge < -0.3 is 5.73 Å². The lowest BCUT2D eigenvalue weighted by atomic mass is 10.0. The van der Waals surface area contributed by atoms with E-state index in [1.54, 1.807) is 0 Å². The number of hydrogen-bond acceptors (Lipinski definition) is 3. The highest BCUT2D eigenvalue weighted by molar-refractivity contribution is 6.01. The zero-order valence-electron chi connectivity index (χ0n) is 13.0. The molecule has 0 amide bonds. The number of H-pyrrole nitrogens is 1. The Morgan fingerprint density at radius 2 is 1.78 bits per heavy atom. The maximum Gasteiger partial charge on any atom is 0.106 e. The lowest BCUT2D eigenvalue weighted by Gasteiger charge is -2.05. The van der Waals surface area contributed by atoms with Crippen LogP contribution in [-0.2, 0) is 0 Å². The first kappa shape index (κ1) is 13.6.